The molecule has 0 aromatic heterocycles. The van der Waals surface area contributed by atoms with E-state index < -0.39 is 9.84 Å². The van der Waals surface area contributed by atoms with Crippen LogP contribution in [0.1, 0.15) is 0 Å². The molecule has 1 saturated heterocycles. The van der Waals surface area contributed by atoms with Crippen molar-refractivity contribution in [2.45, 2.75) is 5.37 Å². The molecule has 2 rings (SSSR count). The Balaban J connectivity index is 1.87. The van der Waals surface area contributed by atoms with Crippen molar-refractivity contribution in [2.75, 3.05) is 37.5 Å². The van der Waals surface area contributed by atoms with Crippen molar-refractivity contribution in [3.05, 3.63) is 28.7 Å². The van der Waals surface area contributed by atoms with Gasteiger partial charge in [0.1, 0.15) is 17.7 Å². The van der Waals surface area contributed by atoms with Gasteiger partial charge in [0, 0.05) is 35.3 Å². The molecular weight excluding hydrogens is 362 g/mol. The van der Waals surface area contributed by atoms with E-state index >= 15 is 0 Å². The molecule has 1 aliphatic rings. The second-order valence-electron chi connectivity index (χ2n) is 4.70. The Hall–Kier alpha value is -0.240. The molecule has 0 amide bonds. The molecule has 1 aromatic carbocycles. The van der Waals surface area contributed by atoms with E-state index in [2.05, 4.69) is 15.9 Å². The average Bonchev–Trinajstić information content (AvgIpc) is 2.40. The van der Waals surface area contributed by atoms with E-state index in [0.717, 1.165) is 22.5 Å². The van der Waals surface area contributed by atoms with Gasteiger partial charge < -0.3 is 4.74 Å². The van der Waals surface area contributed by atoms with E-state index in [1.54, 1.807) is 11.8 Å². The van der Waals surface area contributed by atoms with Crippen molar-refractivity contribution in [3.63, 3.8) is 0 Å². The molecular formula is C13H18BrNO3S2. The lowest BCUT2D eigenvalue weighted by molar-refractivity contribution is 0.206. The smallest absolute Gasteiger partial charge is 0.164 e. The predicted molar refractivity (Wildman–Crippen MR) is 87.2 cm³/mol. The summed E-state index contributed by atoms with van der Waals surface area (Å²) < 4.78 is 30.2. The second-order valence-corrected chi connectivity index (χ2v) is 8.97. The maximum Gasteiger partial charge on any atom is 0.164 e. The summed E-state index contributed by atoms with van der Waals surface area (Å²) in [6, 6.07) is 7.63. The number of hydrogen-bond acceptors (Lipinski definition) is 5. The standard InChI is InChI=1S/C13H18BrNO3S2/c1-20(16,17)13-10-19-9-7-15(13)6-8-18-12-4-2-11(14)3-5-12/h2-5,13H,6-10H2,1H3. The Morgan fingerprint density at radius 3 is 2.75 bits per heavy atom. The van der Waals surface area contributed by atoms with Crippen LogP contribution in [0.3, 0.4) is 0 Å². The van der Waals surface area contributed by atoms with Gasteiger partial charge in [-0.15, -0.1) is 0 Å². The third-order valence-electron chi connectivity index (χ3n) is 3.15. The molecule has 1 fully saturated rings. The lowest BCUT2D eigenvalue weighted by Gasteiger charge is -2.33. The summed E-state index contributed by atoms with van der Waals surface area (Å²) in [7, 11) is -3.03. The number of sulfone groups is 1. The van der Waals surface area contributed by atoms with Crippen LogP contribution in [0.15, 0.2) is 28.7 Å². The molecule has 1 unspecified atom stereocenters. The topological polar surface area (TPSA) is 46.6 Å². The van der Waals surface area contributed by atoms with Gasteiger partial charge in [-0.3, -0.25) is 4.90 Å². The van der Waals surface area contributed by atoms with Crippen LogP contribution in [0.4, 0.5) is 0 Å². The molecule has 0 N–H and O–H groups in total. The molecule has 1 heterocycles. The maximum absolute atomic E-state index is 11.8. The fourth-order valence-electron chi connectivity index (χ4n) is 2.08. The maximum atomic E-state index is 11.8. The van der Waals surface area contributed by atoms with Crippen LogP contribution in [0.25, 0.3) is 0 Å². The van der Waals surface area contributed by atoms with Crippen LogP contribution in [-0.4, -0.2) is 56.1 Å². The first kappa shape index (κ1) is 16.1. The van der Waals surface area contributed by atoms with E-state index in [1.165, 1.54) is 6.26 Å². The quantitative estimate of drug-likeness (QED) is 0.784. The third kappa shape index (κ3) is 4.65. The van der Waals surface area contributed by atoms with Crippen LogP contribution >= 0.6 is 27.7 Å². The average molecular weight is 380 g/mol. The Morgan fingerprint density at radius 2 is 2.10 bits per heavy atom. The minimum atomic E-state index is -3.03. The number of hydrogen-bond donors (Lipinski definition) is 0. The fourth-order valence-corrected chi connectivity index (χ4v) is 5.31. The number of ether oxygens (including phenoxy) is 1. The Kier molecular flexibility index (Phi) is 5.77. The lowest BCUT2D eigenvalue weighted by atomic mass is 10.3. The largest absolute Gasteiger partial charge is 0.492 e. The fraction of sp³-hybridized carbons (Fsp3) is 0.538. The molecule has 0 spiro atoms. The van der Waals surface area contributed by atoms with E-state index in [4.69, 9.17) is 4.74 Å². The van der Waals surface area contributed by atoms with Gasteiger partial charge in [-0.25, -0.2) is 8.42 Å². The first-order valence-electron chi connectivity index (χ1n) is 6.36. The van der Waals surface area contributed by atoms with Gasteiger partial charge >= 0.3 is 0 Å². The molecule has 1 aliphatic heterocycles. The summed E-state index contributed by atoms with van der Waals surface area (Å²) in [6.45, 7) is 1.93. The number of halogens is 1. The van der Waals surface area contributed by atoms with Gasteiger partial charge in [0.15, 0.2) is 9.84 Å². The zero-order valence-corrected chi connectivity index (χ0v) is 14.5. The van der Waals surface area contributed by atoms with E-state index in [9.17, 15) is 8.42 Å². The minimum absolute atomic E-state index is 0.380. The monoisotopic (exact) mass is 379 g/mol. The minimum Gasteiger partial charge on any atom is -0.492 e. The first-order valence-corrected chi connectivity index (χ1v) is 10.3. The normalized spacial score (nSPS) is 20.8. The summed E-state index contributed by atoms with van der Waals surface area (Å²) in [6.07, 6.45) is 1.31. The highest BCUT2D eigenvalue weighted by molar-refractivity contribution is 9.10. The molecule has 112 valence electrons. The van der Waals surface area contributed by atoms with Crippen LogP contribution in [0.2, 0.25) is 0 Å². The highest BCUT2D eigenvalue weighted by Gasteiger charge is 2.30. The van der Waals surface area contributed by atoms with Crippen molar-refractivity contribution in [1.29, 1.82) is 0 Å². The summed E-state index contributed by atoms with van der Waals surface area (Å²) in [5, 5.41) is -0.380. The van der Waals surface area contributed by atoms with Gasteiger partial charge in [-0.05, 0) is 24.3 Å². The van der Waals surface area contributed by atoms with Crippen molar-refractivity contribution in [3.8, 4) is 5.75 Å². The van der Waals surface area contributed by atoms with E-state index in [0.29, 0.717) is 18.9 Å². The molecule has 0 saturated carbocycles. The number of benzene rings is 1. The van der Waals surface area contributed by atoms with Crippen molar-refractivity contribution in [1.82, 2.24) is 4.90 Å². The zero-order chi connectivity index (χ0) is 14.6. The third-order valence-corrected chi connectivity index (χ3v) is 6.36. The Bertz CT molecular complexity index is 533. The highest BCUT2D eigenvalue weighted by atomic mass is 79.9. The van der Waals surface area contributed by atoms with E-state index in [-0.39, 0.29) is 5.37 Å². The lowest BCUT2D eigenvalue weighted by Crippen LogP contribution is -2.48. The van der Waals surface area contributed by atoms with Gasteiger partial charge in [0.05, 0.1) is 0 Å². The zero-order valence-electron chi connectivity index (χ0n) is 11.3. The molecule has 0 radical (unpaired) electrons. The van der Waals surface area contributed by atoms with Crippen LogP contribution in [0.5, 0.6) is 5.75 Å². The molecule has 1 aromatic rings. The number of rotatable bonds is 5. The van der Waals surface area contributed by atoms with Gasteiger partial charge in [0.25, 0.3) is 0 Å². The van der Waals surface area contributed by atoms with E-state index in [1.807, 2.05) is 29.2 Å². The summed E-state index contributed by atoms with van der Waals surface area (Å²) >= 11 is 5.07. The molecule has 4 nitrogen and oxygen atoms in total. The second kappa shape index (κ2) is 7.15. The van der Waals surface area contributed by atoms with Crippen molar-refractivity contribution < 1.29 is 13.2 Å². The molecule has 7 heteroatoms. The predicted octanol–water partition coefficient (Wildman–Crippen LogP) is 2.25. The van der Waals surface area contributed by atoms with Crippen LogP contribution in [-0.2, 0) is 9.84 Å². The molecule has 20 heavy (non-hydrogen) atoms. The number of nitrogens with zero attached hydrogens (tertiary/aromatic N) is 1. The summed E-state index contributed by atoms with van der Waals surface area (Å²) in [4.78, 5) is 2.00. The highest BCUT2D eigenvalue weighted by Crippen LogP contribution is 2.20. The van der Waals surface area contributed by atoms with Gasteiger partial charge in [-0.2, -0.15) is 11.8 Å². The first-order chi connectivity index (χ1) is 9.47. The van der Waals surface area contributed by atoms with Gasteiger partial charge in [0.2, 0.25) is 0 Å². The van der Waals surface area contributed by atoms with Crippen molar-refractivity contribution in [2.24, 2.45) is 0 Å². The Labute approximate surface area is 132 Å². The molecule has 1 atom stereocenters. The summed E-state index contributed by atoms with van der Waals surface area (Å²) in [5.41, 5.74) is 0. The summed E-state index contributed by atoms with van der Waals surface area (Å²) in [5.74, 6) is 2.43. The molecule has 0 bridgehead atoms. The van der Waals surface area contributed by atoms with Crippen molar-refractivity contribution >= 4 is 37.5 Å². The molecule has 0 aliphatic carbocycles. The van der Waals surface area contributed by atoms with Crippen LogP contribution in [0, 0.1) is 0 Å². The Morgan fingerprint density at radius 1 is 1.40 bits per heavy atom. The van der Waals surface area contributed by atoms with Gasteiger partial charge in [-0.1, -0.05) is 15.9 Å². The SMILES string of the molecule is CS(=O)(=O)C1CSCCN1CCOc1ccc(Br)cc1. The number of thioether (sulfide) groups is 1. The van der Waals surface area contributed by atoms with Crippen LogP contribution < -0.4 is 4.74 Å².